The second-order valence-electron chi connectivity index (χ2n) is 10.9. The van der Waals surface area contributed by atoms with E-state index in [0.717, 1.165) is 8.28 Å². The average molecular weight is 637 g/mol. The fourth-order valence-electron chi connectivity index (χ4n) is 6.14. The maximum absolute atomic E-state index is 14.3. The van der Waals surface area contributed by atoms with Crippen LogP contribution in [0.1, 0.15) is 19.8 Å². The molecule has 0 saturated carbocycles. The van der Waals surface area contributed by atoms with Crippen LogP contribution in [-0.2, 0) is 34.4 Å². The van der Waals surface area contributed by atoms with Crippen molar-refractivity contribution in [3.63, 3.8) is 0 Å². The molecule has 3 aromatic rings. The first-order valence-electron chi connectivity index (χ1n) is 13.3. The molecule has 42 heavy (non-hydrogen) atoms. The highest BCUT2D eigenvalue weighted by Gasteiger charge is 2.61. The number of sulfonamides is 1. The lowest BCUT2D eigenvalue weighted by molar-refractivity contribution is -0.194. The summed E-state index contributed by atoms with van der Waals surface area (Å²) in [6, 6.07) is 13.0. The Bertz CT molecular complexity index is 1800. The van der Waals surface area contributed by atoms with Gasteiger partial charge in [-0.25, -0.2) is 20.8 Å². The zero-order chi connectivity index (χ0) is 30.1. The van der Waals surface area contributed by atoms with Crippen molar-refractivity contribution >= 4 is 54.4 Å². The van der Waals surface area contributed by atoms with Crippen molar-refractivity contribution in [2.45, 2.75) is 41.0 Å². The molecule has 2 amide bonds. The van der Waals surface area contributed by atoms with Crippen molar-refractivity contribution in [3.8, 4) is 0 Å². The van der Waals surface area contributed by atoms with Crippen LogP contribution in [0.4, 0.5) is 0 Å². The van der Waals surface area contributed by atoms with Gasteiger partial charge in [-0.1, -0.05) is 29.8 Å². The summed E-state index contributed by atoms with van der Waals surface area (Å²) < 4.78 is 64.3. The number of benzene rings is 2. The molecule has 6 rings (SSSR count). The van der Waals surface area contributed by atoms with Gasteiger partial charge in [-0.05, 0) is 49.2 Å². The van der Waals surface area contributed by atoms with E-state index in [2.05, 4.69) is 0 Å². The Labute approximate surface area is 248 Å². The lowest BCUT2D eigenvalue weighted by Gasteiger charge is -2.44. The summed E-state index contributed by atoms with van der Waals surface area (Å²) in [6.07, 6.45) is 0.824. The van der Waals surface area contributed by atoms with E-state index in [1.54, 1.807) is 11.0 Å². The van der Waals surface area contributed by atoms with Crippen LogP contribution in [-0.4, -0.2) is 102 Å². The number of rotatable bonds is 5. The molecular formula is C27H29ClN4O8S2. The molecule has 1 unspecified atom stereocenters. The highest BCUT2D eigenvalue weighted by molar-refractivity contribution is 7.92. The van der Waals surface area contributed by atoms with Gasteiger partial charge < -0.3 is 19.6 Å². The highest BCUT2D eigenvalue weighted by atomic mass is 35.5. The van der Waals surface area contributed by atoms with Crippen molar-refractivity contribution in [3.05, 3.63) is 59.6 Å². The molecule has 1 aromatic heterocycles. The van der Waals surface area contributed by atoms with E-state index in [0.29, 0.717) is 25.9 Å². The number of ether oxygens (including phenoxy) is 1. The number of carbonyl (C=O) groups excluding carboxylic acids is 2. The molecule has 0 bridgehead atoms. The van der Waals surface area contributed by atoms with Crippen LogP contribution >= 0.6 is 11.6 Å². The van der Waals surface area contributed by atoms with Gasteiger partial charge in [-0.3, -0.25) is 9.59 Å². The molecule has 3 saturated heterocycles. The number of carbonyl (C=O) groups is 2. The number of hydrogen-bond acceptors (Lipinski definition) is 8. The van der Waals surface area contributed by atoms with Crippen molar-refractivity contribution in [1.82, 2.24) is 18.1 Å². The van der Waals surface area contributed by atoms with E-state index in [1.165, 1.54) is 60.4 Å². The van der Waals surface area contributed by atoms with Crippen molar-refractivity contribution in [2.24, 2.45) is 0 Å². The summed E-state index contributed by atoms with van der Waals surface area (Å²) in [7, 11) is -9.07. The molecule has 15 heteroatoms. The van der Waals surface area contributed by atoms with Crippen molar-refractivity contribution in [1.29, 1.82) is 0 Å². The number of halogens is 1. The number of likely N-dealkylation sites (tertiary alicyclic amines) is 1. The van der Waals surface area contributed by atoms with E-state index in [9.17, 15) is 31.5 Å². The molecule has 1 atom stereocenters. The Kier molecular flexibility index (Phi) is 6.94. The third-order valence-electron chi connectivity index (χ3n) is 8.32. The number of fused-ring (bicyclic) bond motifs is 2. The van der Waals surface area contributed by atoms with E-state index in [4.69, 9.17) is 16.3 Å². The lowest BCUT2D eigenvalue weighted by Crippen LogP contribution is -2.65. The average Bonchev–Trinajstić information content (AvgIpc) is 3.51. The number of hydrogen-bond donors (Lipinski definition) is 1. The number of aliphatic hydroxyl groups is 1. The molecular weight excluding hydrogens is 608 g/mol. The minimum Gasteiger partial charge on any atom is -0.391 e. The standard InChI is InChI=1S/C27H29ClN4O8S2/c1-19(34)29-11-9-26(10-12-29)16-31-24(35)15-30(17-27(31,18-33)40-26)42(38,39)25-14-20-13-21(28)7-8-23(20)32(25)41(36,37)22-5-3-2-4-6-22/h2-8,13-14,33H,9-12,15-18H2,1H3. The number of aromatic nitrogens is 1. The van der Waals surface area contributed by atoms with Gasteiger partial charge in [0.2, 0.25) is 11.8 Å². The zero-order valence-corrected chi connectivity index (χ0v) is 25.0. The van der Waals surface area contributed by atoms with Crippen molar-refractivity contribution < 1.29 is 36.3 Å². The topological polar surface area (TPSA) is 147 Å². The van der Waals surface area contributed by atoms with Crippen LogP contribution in [0.5, 0.6) is 0 Å². The monoisotopic (exact) mass is 636 g/mol. The number of aliphatic hydroxyl groups excluding tert-OH is 1. The molecule has 3 aliphatic rings. The number of nitrogens with zero attached hydrogens (tertiary/aromatic N) is 4. The Morgan fingerprint density at radius 1 is 1.00 bits per heavy atom. The molecule has 3 aliphatic heterocycles. The van der Waals surface area contributed by atoms with Gasteiger partial charge in [0.05, 0.1) is 42.3 Å². The van der Waals surface area contributed by atoms with Crippen LogP contribution in [0.25, 0.3) is 10.9 Å². The first-order chi connectivity index (χ1) is 19.8. The second-order valence-corrected chi connectivity index (χ2v) is 15.0. The smallest absolute Gasteiger partial charge is 0.269 e. The van der Waals surface area contributed by atoms with E-state index in [1.807, 2.05) is 0 Å². The predicted molar refractivity (Wildman–Crippen MR) is 152 cm³/mol. The summed E-state index contributed by atoms with van der Waals surface area (Å²) >= 11 is 6.15. The van der Waals surface area contributed by atoms with Crippen LogP contribution in [0.3, 0.4) is 0 Å². The third kappa shape index (κ3) is 4.52. The molecule has 224 valence electrons. The summed E-state index contributed by atoms with van der Waals surface area (Å²) in [6.45, 7) is 0.766. The molecule has 4 heterocycles. The number of piperidine rings is 1. The molecule has 0 radical (unpaired) electrons. The molecule has 0 aliphatic carbocycles. The van der Waals surface area contributed by atoms with Crippen LogP contribution in [0, 0.1) is 0 Å². The van der Waals surface area contributed by atoms with Crippen LogP contribution < -0.4 is 0 Å². The van der Waals surface area contributed by atoms with Gasteiger partial charge >= 0.3 is 0 Å². The summed E-state index contributed by atoms with van der Waals surface area (Å²) in [5, 5.41) is 10.5. The number of piperazine rings is 1. The SMILES string of the molecule is CC(=O)N1CCC2(CC1)CN1C(=O)CN(S(=O)(=O)c3cc4cc(Cl)ccc4n3S(=O)(=O)c3ccccc3)CC1(CO)O2. The Hall–Kier alpha value is -3.01. The maximum atomic E-state index is 14.3. The molecule has 2 aromatic carbocycles. The fraction of sp³-hybridized carbons (Fsp3) is 0.407. The van der Waals surface area contributed by atoms with E-state index >= 15 is 0 Å². The van der Waals surface area contributed by atoms with E-state index in [-0.39, 0.29) is 33.3 Å². The lowest BCUT2D eigenvalue weighted by atomic mass is 9.91. The van der Waals surface area contributed by atoms with Gasteiger partial charge in [-0.15, -0.1) is 0 Å². The minimum absolute atomic E-state index is 0.0760. The van der Waals surface area contributed by atoms with Gasteiger partial charge in [-0.2, -0.15) is 4.31 Å². The van der Waals surface area contributed by atoms with E-state index < -0.39 is 62.0 Å². The maximum Gasteiger partial charge on any atom is 0.269 e. The van der Waals surface area contributed by atoms with Gasteiger partial charge in [0.1, 0.15) is 0 Å². The fourth-order valence-corrected chi connectivity index (χ4v) is 9.83. The normalized spacial score (nSPS) is 23.1. The third-order valence-corrected chi connectivity index (χ3v) is 12.2. The quantitative estimate of drug-likeness (QED) is 0.443. The molecule has 1 N–H and O–H groups in total. The Balaban J connectivity index is 1.41. The van der Waals surface area contributed by atoms with Crippen molar-refractivity contribution in [2.75, 3.05) is 39.3 Å². The Morgan fingerprint density at radius 3 is 2.33 bits per heavy atom. The first-order valence-corrected chi connectivity index (χ1v) is 16.6. The summed E-state index contributed by atoms with van der Waals surface area (Å²) in [4.78, 5) is 28.2. The van der Waals surface area contributed by atoms with Gasteiger partial charge in [0.25, 0.3) is 20.0 Å². The first kappa shape index (κ1) is 29.1. The molecule has 3 fully saturated rings. The predicted octanol–water partition coefficient (Wildman–Crippen LogP) is 1.46. The van der Waals surface area contributed by atoms with Crippen LogP contribution in [0.2, 0.25) is 5.02 Å². The van der Waals surface area contributed by atoms with Crippen LogP contribution in [0.15, 0.2) is 64.5 Å². The molecule has 12 nitrogen and oxygen atoms in total. The largest absolute Gasteiger partial charge is 0.391 e. The summed E-state index contributed by atoms with van der Waals surface area (Å²) in [5.41, 5.74) is -2.43. The Morgan fingerprint density at radius 2 is 1.69 bits per heavy atom. The minimum atomic E-state index is -4.66. The molecule has 1 spiro atoms. The van der Waals surface area contributed by atoms with Gasteiger partial charge in [0, 0.05) is 30.4 Å². The highest BCUT2D eigenvalue weighted by Crippen LogP contribution is 2.44. The number of amides is 2. The second kappa shape index (κ2) is 10.0. The zero-order valence-electron chi connectivity index (χ0n) is 22.6. The summed E-state index contributed by atoms with van der Waals surface area (Å²) in [5.74, 6) is -0.658. The van der Waals surface area contributed by atoms with Gasteiger partial charge in [0.15, 0.2) is 10.8 Å².